The quantitative estimate of drug-likeness (QED) is 0.675. The SMILES string of the molecule is COC1CCCN1C1C=CNC=N1. The lowest BCUT2D eigenvalue weighted by atomic mass is 10.3. The number of likely N-dealkylation sites (tertiary alicyclic amines) is 1. The van der Waals surface area contributed by atoms with Crippen LogP contribution in [0.5, 0.6) is 0 Å². The van der Waals surface area contributed by atoms with Gasteiger partial charge in [0.1, 0.15) is 12.4 Å². The molecule has 0 spiro atoms. The van der Waals surface area contributed by atoms with Crippen molar-refractivity contribution in [3.05, 3.63) is 12.3 Å². The molecule has 2 heterocycles. The Morgan fingerprint density at radius 1 is 1.62 bits per heavy atom. The van der Waals surface area contributed by atoms with E-state index >= 15 is 0 Å². The number of rotatable bonds is 2. The molecule has 0 bridgehead atoms. The summed E-state index contributed by atoms with van der Waals surface area (Å²) < 4.78 is 5.37. The van der Waals surface area contributed by atoms with E-state index < -0.39 is 0 Å². The number of ether oxygens (including phenoxy) is 1. The van der Waals surface area contributed by atoms with E-state index in [0.717, 1.165) is 13.0 Å². The Labute approximate surface area is 78.3 Å². The summed E-state index contributed by atoms with van der Waals surface area (Å²) in [5.74, 6) is 0. The maximum absolute atomic E-state index is 5.37. The van der Waals surface area contributed by atoms with Crippen LogP contribution >= 0.6 is 0 Å². The fraction of sp³-hybridized carbons (Fsp3) is 0.667. The molecule has 2 aliphatic heterocycles. The standard InChI is InChI=1S/C9H15N3O/c1-13-9-3-2-6-12(9)8-4-5-10-7-11-8/h4-5,7-9H,2-3,6H2,1H3,(H,10,11). The molecule has 0 saturated carbocycles. The third kappa shape index (κ3) is 1.73. The van der Waals surface area contributed by atoms with Crippen LogP contribution in [0.3, 0.4) is 0 Å². The van der Waals surface area contributed by atoms with E-state index in [0.29, 0.717) is 0 Å². The van der Waals surface area contributed by atoms with Crippen LogP contribution in [-0.2, 0) is 4.74 Å². The molecule has 2 atom stereocenters. The first-order valence-electron chi connectivity index (χ1n) is 4.65. The summed E-state index contributed by atoms with van der Waals surface area (Å²) in [4.78, 5) is 6.60. The smallest absolute Gasteiger partial charge is 0.126 e. The molecule has 0 radical (unpaired) electrons. The third-order valence-corrected chi connectivity index (χ3v) is 2.52. The van der Waals surface area contributed by atoms with Gasteiger partial charge < -0.3 is 10.1 Å². The maximum Gasteiger partial charge on any atom is 0.126 e. The average Bonchev–Trinajstić information content (AvgIpc) is 2.67. The molecular weight excluding hydrogens is 166 g/mol. The first-order valence-corrected chi connectivity index (χ1v) is 4.65. The monoisotopic (exact) mass is 181 g/mol. The molecule has 2 aliphatic rings. The van der Waals surface area contributed by atoms with Gasteiger partial charge >= 0.3 is 0 Å². The minimum Gasteiger partial charge on any atom is -0.366 e. The fourth-order valence-electron chi connectivity index (χ4n) is 1.86. The Kier molecular flexibility index (Phi) is 2.61. The van der Waals surface area contributed by atoms with Crippen molar-refractivity contribution in [3.63, 3.8) is 0 Å². The average molecular weight is 181 g/mol. The predicted octanol–water partition coefficient (Wildman–Crippen LogP) is 0.526. The summed E-state index contributed by atoms with van der Waals surface area (Å²) in [6.07, 6.45) is 8.42. The largest absolute Gasteiger partial charge is 0.366 e. The van der Waals surface area contributed by atoms with E-state index in [1.807, 2.05) is 6.20 Å². The number of methoxy groups -OCH3 is 1. The van der Waals surface area contributed by atoms with Gasteiger partial charge in [0.05, 0.1) is 6.34 Å². The summed E-state index contributed by atoms with van der Waals surface area (Å²) in [6.45, 7) is 1.07. The lowest BCUT2D eigenvalue weighted by molar-refractivity contribution is -0.0159. The van der Waals surface area contributed by atoms with E-state index in [4.69, 9.17) is 4.74 Å². The molecule has 0 aromatic heterocycles. The van der Waals surface area contributed by atoms with Crippen LogP contribution in [0, 0.1) is 0 Å². The van der Waals surface area contributed by atoms with E-state index in [2.05, 4.69) is 21.3 Å². The summed E-state index contributed by atoms with van der Waals surface area (Å²) in [6, 6.07) is 0. The van der Waals surface area contributed by atoms with Crippen LogP contribution in [-0.4, -0.2) is 37.3 Å². The van der Waals surface area contributed by atoms with Crippen molar-refractivity contribution in [2.75, 3.05) is 13.7 Å². The summed E-state index contributed by atoms with van der Waals surface area (Å²) >= 11 is 0. The molecule has 2 rings (SSSR count). The van der Waals surface area contributed by atoms with E-state index in [1.165, 1.54) is 6.42 Å². The Balaban J connectivity index is 2.02. The molecule has 0 amide bonds. The number of aliphatic imine (C=N–C) groups is 1. The van der Waals surface area contributed by atoms with Gasteiger partial charge in [-0.1, -0.05) is 0 Å². The minimum atomic E-state index is 0.161. The molecule has 2 unspecified atom stereocenters. The molecule has 4 nitrogen and oxygen atoms in total. The van der Waals surface area contributed by atoms with Gasteiger partial charge in [-0.05, 0) is 18.9 Å². The first-order chi connectivity index (χ1) is 6.42. The normalized spacial score (nSPS) is 33.6. The van der Waals surface area contributed by atoms with Crippen molar-refractivity contribution < 1.29 is 4.74 Å². The second-order valence-corrected chi connectivity index (χ2v) is 3.29. The number of nitrogens with one attached hydrogen (secondary N) is 1. The second-order valence-electron chi connectivity index (χ2n) is 3.29. The van der Waals surface area contributed by atoms with Crippen LogP contribution in [0.2, 0.25) is 0 Å². The molecule has 4 heteroatoms. The fourth-order valence-corrected chi connectivity index (χ4v) is 1.86. The molecule has 72 valence electrons. The summed E-state index contributed by atoms with van der Waals surface area (Å²) in [7, 11) is 1.76. The van der Waals surface area contributed by atoms with Crippen LogP contribution in [0.15, 0.2) is 17.3 Å². The van der Waals surface area contributed by atoms with Gasteiger partial charge in [0.25, 0.3) is 0 Å². The Bertz CT molecular complexity index is 215. The Morgan fingerprint density at radius 2 is 2.54 bits per heavy atom. The Hall–Kier alpha value is -0.870. The molecule has 0 aromatic carbocycles. The summed E-state index contributed by atoms with van der Waals surface area (Å²) in [5, 5.41) is 2.93. The number of hydrogen-bond donors (Lipinski definition) is 1. The lowest BCUT2D eigenvalue weighted by Crippen LogP contribution is -2.39. The van der Waals surface area contributed by atoms with Crippen LogP contribution in [0.25, 0.3) is 0 Å². The molecule has 1 fully saturated rings. The van der Waals surface area contributed by atoms with Gasteiger partial charge in [-0.25, -0.2) is 0 Å². The molecule has 0 aliphatic carbocycles. The van der Waals surface area contributed by atoms with Crippen LogP contribution in [0.4, 0.5) is 0 Å². The zero-order chi connectivity index (χ0) is 9.10. The maximum atomic E-state index is 5.37. The zero-order valence-corrected chi connectivity index (χ0v) is 7.81. The number of nitrogens with zero attached hydrogens (tertiary/aromatic N) is 2. The van der Waals surface area contributed by atoms with Crippen molar-refractivity contribution in [1.29, 1.82) is 0 Å². The minimum absolute atomic E-state index is 0.161. The third-order valence-electron chi connectivity index (χ3n) is 2.52. The van der Waals surface area contributed by atoms with E-state index in [1.54, 1.807) is 13.4 Å². The highest BCUT2D eigenvalue weighted by molar-refractivity contribution is 5.57. The van der Waals surface area contributed by atoms with Crippen molar-refractivity contribution in [3.8, 4) is 0 Å². The van der Waals surface area contributed by atoms with E-state index in [-0.39, 0.29) is 12.4 Å². The van der Waals surface area contributed by atoms with Crippen molar-refractivity contribution in [2.45, 2.75) is 25.2 Å². The topological polar surface area (TPSA) is 36.9 Å². The first kappa shape index (κ1) is 8.72. The van der Waals surface area contributed by atoms with Gasteiger partial charge in [-0.3, -0.25) is 9.89 Å². The lowest BCUT2D eigenvalue weighted by Gasteiger charge is -2.28. The van der Waals surface area contributed by atoms with Gasteiger partial charge in [0.15, 0.2) is 0 Å². The van der Waals surface area contributed by atoms with Gasteiger partial charge in [0, 0.05) is 19.9 Å². The molecule has 0 aromatic rings. The highest BCUT2D eigenvalue weighted by Gasteiger charge is 2.29. The number of hydrogen-bond acceptors (Lipinski definition) is 4. The molecule has 1 N–H and O–H groups in total. The highest BCUT2D eigenvalue weighted by Crippen LogP contribution is 2.21. The van der Waals surface area contributed by atoms with Crippen molar-refractivity contribution >= 4 is 6.34 Å². The van der Waals surface area contributed by atoms with Crippen LogP contribution < -0.4 is 5.32 Å². The zero-order valence-electron chi connectivity index (χ0n) is 7.81. The molecule has 13 heavy (non-hydrogen) atoms. The molecule has 1 saturated heterocycles. The van der Waals surface area contributed by atoms with E-state index in [9.17, 15) is 0 Å². The Morgan fingerprint density at radius 3 is 3.23 bits per heavy atom. The van der Waals surface area contributed by atoms with Gasteiger partial charge in [0.2, 0.25) is 0 Å². The summed E-state index contributed by atoms with van der Waals surface area (Å²) in [5.41, 5.74) is 0. The second kappa shape index (κ2) is 3.89. The van der Waals surface area contributed by atoms with Gasteiger partial charge in [-0.15, -0.1) is 0 Å². The highest BCUT2D eigenvalue weighted by atomic mass is 16.5. The van der Waals surface area contributed by atoms with Crippen LogP contribution in [0.1, 0.15) is 12.8 Å². The van der Waals surface area contributed by atoms with Gasteiger partial charge in [-0.2, -0.15) is 0 Å². The van der Waals surface area contributed by atoms with Crippen molar-refractivity contribution in [2.24, 2.45) is 4.99 Å². The van der Waals surface area contributed by atoms with Crippen molar-refractivity contribution in [1.82, 2.24) is 10.2 Å². The predicted molar refractivity (Wildman–Crippen MR) is 51.3 cm³/mol. The molecular formula is C9H15N3O.